The third kappa shape index (κ3) is 2.36. The summed E-state index contributed by atoms with van der Waals surface area (Å²) in [5, 5.41) is 12.8. The number of rotatable bonds is 4. The quantitative estimate of drug-likeness (QED) is 0.832. The molecule has 1 N–H and O–H groups in total. The SMILES string of the molecule is CCC(C#N)(Nc1ccccc1C)C(C)C. The van der Waals surface area contributed by atoms with Crippen LogP contribution in [0.1, 0.15) is 32.8 Å². The van der Waals surface area contributed by atoms with Crippen molar-refractivity contribution < 1.29 is 0 Å². The average molecular weight is 216 g/mol. The van der Waals surface area contributed by atoms with Gasteiger partial charge < -0.3 is 5.32 Å². The Morgan fingerprint density at radius 3 is 2.44 bits per heavy atom. The van der Waals surface area contributed by atoms with Gasteiger partial charge in [0.2, 0.25) is 0 Å². The Bertz CT molecular complexity index is 390. The van der Waals surface area contributed by atoms with Crippen LogP contribution in [0.25, 0.3) is 0 Å². The van der Waals surface area contributed by atoms with E-state index in [2.05, 4.69) is 45.1 Å². The van der Waals surface area contributed by atoms with Crippen molar-refractivity contribution >= 4 is 5.69 Å². The standard InChI is InChI=1S/C14H20N2/c1-5-14(10-15,11(2)3)16-13-9-7-6-8-12(13)4/h6-9,11,16H,5H2,1-4H3. The van der Waals surface area contributed by atoms with Crippen LogP contribution in [-0.2, 0) is 0 Å². The molecule has 0 aliphatic carbocycles. The van der Waals surface area contributed by atoms with Crippen LogP contribution in [0.3, 0.4) is 0 Å². The van der Waals surface area contributed by atoms with Crippen molar-refractivity contribution in [2.45, 2.75) is 39.7 Å². The number of anilines is 1. The van der Waals surface area contributed by atoms with Gasteiger partial charge in [-0.2, -0.15) is 5.26 Å². The lowest BCUT2D eigenvalue weighted by Gasteiger charge is -2.32. The van der Waals surface area contributed by atoms with Crippen molar-refractivity contribution in [3.8, 4) is 6.07 Å². The highest BCUT2D eigenvalue weighted by atomic mass is 15.0. The fraction of sp³-hybridized carbons (Fsp3) is 0.500. The molecule has 0 spiro atoms. The maximum atomic E-state index is 9.39. The molecule has 0 saturated heterocycles. The van der Waals surface area contributed by atoms with Gasteiger partial charge in [0, 0.05) is 5.69 Å². The van der Waals surface area contributed by atoms with Crippen LogP contribution in [0.2, 0.25) is 0 Å². The second-order valence-electron chi connectivity index (χ2n) is 4.53. The minimum atomic E-state index is -0.466. The molecular formula is C14H20N2. The lowest BCUT2D eigenvalue weighted by molar-refractivity contribution is 0.416. The number of nitrogens with one attached hydrogen (secondary N) is 1. The average Bonchev–Trinajstić information content (AvgIpc) is 2.28. The highest BCUT2D eigenvalue weighted by Gasteiger charge is 2.31. The zero-order chi connectivity index (χ0) is 12.2. The molecule has 1 unspecified atom stereocenters. The van der Waals surface area contributed by atoms with Gasteiger partial charge in [-0.05, 0) is 30.9 Å². The monoisotopic (exact) mass is 216 g/mol. The summed E-state index contributed by atoms with van der Waals surface area (Å²) in [6.07, 6.45) is 0.801. The fourth-order valence-electron chi connectivity index (χ4n) is 1.83. The topological polar surface area (TPSA) is 35.8 Å². The molecule has 1 aromatic carbocycles. The van der Waals surface area contributed by atoms with Gasteiger partial charge in [0.15, 0.2) is 0 Å². The molecule has 2 nitrogen and oxygen atoms in total. The fourth-order valence-corrected chi connectivity index (χ4v) is 1.83. The molecule has 0 aliphatic heterocycles. The van der Waals surface area contributed by atoms with Gasteiger partial charge in [-0.15, -0.1) is 0 Å². The summed E-state index contributed by atoms with van der Waals surface area (Å²) in [6.45, 7) is 8.27. The Kier molecular flexibility index (Phi) is 3.95. The second-order valence-corrected chi connectivity index (χ2v) is 4.53. The van der Waals surface area contributed by atoms with E-state index in [1.54, 1.807) is 0 Å². The molecule has 0 bridgehead atoms. The van der Waals surface area contributed by atoms with E-state index < -0.39 is 5.54 Å². The van der Waals surface area contributed by atoms with Gasteiger partial charge in [-0.3, -0.25) is 0 Å². The Balaban J connectivity index is 3.02. The first-order valence-electron chi connectivity index (χ1n) is 5.80. The van der Waals surface area contributed by atoms with Crippen LogP contribution in [0.5, 0.6) is 0 Å². The molecule has 2 heteroatoms. The molecule has 0 radical (unpaired) electrons. The Labute approximate surface area is 98.3 Å². The van der Waals surface area contributed by atoms with Crippen LogP contribution in [0, 0.1) is 24.2 Å². The van der Waals surface area contributed by atoms with Crippen LogP contribution in [0.15, 0.2) is 24.3 Å². The lowest BCUT2D eigenvalue weighted by atomic mass is 9.85. The van der Waals surface area contributed by atoms with Crippen molar-refractivity contribution in [2.24, 2.45) is 5.92 Å². The maximum Gasteiger partial charge on any atom is 0.127 e. The lowest BCUT2D eigenvalue weighted by Crippen LogP contribution is -2.41. The molecule has 0 heterocycles. The van der Waals surface area contributed by atoms with E-state index in [1.807, 2.05) is 18.2 Å². The summed E-state index contributed by atoms with van der Waals surface area (Å²) in [7, 11) is 0. The maximum absolute atomic E-state index is 9.39. The van der Waals surface area contributed by atoms with Crippen molar-refractivity contribution in [1.29, 1.82) is 5.26 Å². The predicted octanol–water partition coefficient (Wildman–Crippen LogP) is 3.74. The van der Waals surface area contributed by atoms with E-state index in [9.17, 15) is 5.26 Å². The van der Waals surface area contributed by atoms with Crippen LogP contribution in [0.4, 0.5) is 5.69 Å². The zero-order valence-corrected chi connectivity index (χ0v) is 10.5. The van der Waals surface area contributed by atoms with E-state index >= 15 is 0 Å². The molecular weight excluding hydrogens is 196 g/mol. The smallest absolute Gasteiger partial charge is 0.127 e. The molecule has 0 saturated carbocycles. The number of benzene rings is 1. The molecule has 1 aromatic rings. The molecule has 0 amide bonds. The third-order valence-corrected chi connectivity index (χ3v) is 3.25. The number of aryl methyl sites for hydroxylation is 1. The normalized spacial score (nSPS) is 14.2. The summed E-state index contributed by atoms with van der Waals surface area (Å²) >= 11 is 0. The summed E-state index contributed by atoms with van der Waals surface area (Å²) in [5.41, 5.74) is 1.77. The van der Waals surface area contributed by atoms with E-state index in [1.165, 1.54) is 5.56 Å². The first-order chi connectivity index (χ1) is 7.55. The minimum Gasteiger partial charge on any atom is -0.367 e. The van der Waals surface area contributed by atoms with Gasteiger partial charge in [0.1, 0.15) is 5.54 Å². The highest BCUT2D eigenvalue weighted by molar-refractivity contribution is 5.53. The van der Waals surface area contributed by atoms with Crippen molar-refractivity contribution in [3.63, 3.8) is 0 Å². The van der Waals surface area contributed by atoms with Gasteiger partial charge in [0.05, 0.1) is 6.07 Å². The summed E-state index contributed by atoms with van der Waals surface area (Å²) < 4.78 is 0. The van der Waals surface area contributed by atoms with Crippen molar-refractivity contribution in [2.75, 3.05) is 5.32 Å². The number of para-hydroxylation sites is 1. The molecule has 16 heavy (non-hydrogen) atoms. The molecule has 1 atom stereocenters. The van der Waals surface area contributed by atoms with Crippen LogP contribution < -0.4 is 5.32 Å². The predicted molar refractivity (Wildman–Crippen MR) is 68.3 cm³/mol. The van der Waals surface area contributed by atoms with Crippen LogP contribution in [-0.4, -0.2) is 5.54 Å². The number of nitrogens with zero attached hydrogens (tertiary/aromatic N) is 1. The van der Waals surface area contributed by atoms with Gasteiger partial charge in [-0.25, -0.2) is 0 Å². The Morgan fingerprint density at radius 2 is 2.00 bits per heavy atom. The second kappa shape index (κ2) is 5.03. The van der Waals surface area contributed by atoms with Crippen LogP contribution >= 0.6 is 0 Å². The van der Waals surface area contributed by atoms with Gasteiger partial charge in [-0.1, -0.05) is 39.0 Å². The first-order valence-corrected chi connectivity index (χ1v) is 5.80. The highest BCUT2D eigenvalue weighted by Crippen LogP contribution is 2.27. The summed E-state index contributed by atoms with van der Waals surface area (Å²) in [4.78, 5) is 0. The van der Waals surface area contributed by atoms with E-state index in [4.69, 9.17) is 0 Å². The number of hydrogen-bond acceptors (Lipinski definition) is 2. The van der Waals surface area contributed by atoms with Crippen molar-refractivity contribution in [1.82, 2.24) is 0 Å². The van der Waals surface area contributed by atoms with Crippen molar-refractivity contribution in [3.05, 3.63) is 29.8 Å². The molecule has 86 valence electrons. The molecule has 0 aliphatic rings. The Morgan fingerprint density at radius 1 is 1.38 bits per heavy atom. The molecule has 0 fully saturated rings. The van der Waals surface area contributed by atoms with E-state index in [0.29, 0.717) is 0 Å². The Hall–Kier alpha value is -1.49. The summed E-state index contributed by atoms with van der Waals surface area (Å²) in [6, 6.07) is 10.5. The summed E-state index contributed by atoms with van der Waals surface area (Å²) in [5.74, 6) is 0.280. The third-order valence-electron chi connectivity index (χ3n) is 3.25. The minimum absolute atomic E-state index is 0.280. The molecule has 1 rings (SSSR count). The van der Waals surface area contributed by atoms with E-state index in [0.717, 1.165) is 12.1 Å². The first kappa shape index (κ1) is 12.6. The van der Waals surface area contributed by atoms with Gasteiger partial charge >= 0.3 is 0 Å². The number of nitriles is 1. The molecule has 0 aromatic heterocycles. The van der Waals surface area contributed by atoms with Gasteiger partial charge in [0.25, 0.3) is 0 Å². The zero-order valence-electron chi connectivity index (χ0n) is 10.5. The largest absolute Gasteiger partial charge is 0.367 e. The number of hydrogen-bond donors (Lipinski definition) is 1. The van der Waals surface area contributed by atoms with E-state index in [-0.39, 0.29) is 5.92 Å².